The molecule has 0 aromatic carbocycles. The van der Waals surface area contributed by atoms with E-state index in [-0.39, 0.29) is 30.4 Å². The van der Waals surface area contributed by atoms with Crippen molar-refractivity contribution in [3.05, 3.63) is 0 Å². The van der Waals surface area contributed by atoms with Crippen LogP contribution in [0.3, 0.4) is 0 Å². The zero-order chi connectivity index (χ0) is 22.7. The minimum Gasteiger partial charge on any atom is -0.393 e. The van der Waals surface area contributed by atoms with Gasteiger partial charge in [0.15, 0.2) is 11.6 Å². The van der Waals surface area contributed by atoms with Crippen molar-refractivity contribution in [1.82, 2.24) is 5.32 Å². The van der Waals surface area contributed by atoms with Crippen molar-refractivity contribution in [2.75, 3.05) is 19.7 Å². The van der Waals surface area contributed by atoms with Crippen molar-refractivity contribution in [1.29, 1.82) is 0 Å². The van der Waals surface area contributed by atoms with Gasteiger partial charge in [0, 0.05) is 18.9 Å². The molecule has 1 aliphatic rings. The Kier molecular flexibility index (Phi) is 12.3. The molecule has 1 saturated carbocycles. The molecule has 0 saturated heterocycles. The van der Waals surface area contributed by atoms with Crippen LogP contribution in [-0.4, -0.2) is 60.5 Å². The molecule has 1 unspecified atom stereocenters. The topological polar surface area (TPSA) is 145 Å². The quantitative estimate of drug-likeness (QED) is 0.323. The maximum Gasteiger partial charge on any atom is 0.226 e. The lowest BCUT2D eigenvalue weighted by molar-refractivity contribution is -0.140. The Bertz CT molecular complexity index is 547. The number of ether oxygens (including phenoxy) is 1. The van der Waals surface area contributed by atoms with Gasteiger partial charge in [-0.25, -0.2) is 0 Å². The average molecular weight is 428 g/mol. The number of hydrogen-bond acceptors (Lipinski definition) is 7. The summed E-state index contributed by atoms with van der Waals surface area (Å²) in [7, 11) is 0. The zero-order valence-electron chi connectivity index (χ0n) is 18.8. The fraction of sp³-hybridized carbons (Fsp3) is 0.864. The summed E-state index contributed by atoms with van der Waals surface area (Å²) in [6, 6.07) is -0.837. The fourth-order valence-electron chi connectivity index (χ4n) is 3.85. The summed E-state index contributed by atoms with van der Waals surface area (Å²) in [4.78, 5) is 37.8. The predicted molar refractivity (Wildman–Crippen MR) is 116 cm³/mol. The molecule has 6 N–H and O–H groups in total. The van der Waals surface area contributed by atoms with Gasteiger partial charge in [0.2, 0.25) is 5.91 Å². The monoisotopic (exact) mass is 427 g/mol. The largest absolute Gasteiger partial charge is 0.393 e. The van der Waals surface area contributed by atoms with E-state index in [4.69, 9.17) is 16.2 Å². The first-order chi connectivity index (χ1) is 14.2. The van der Waals surface area contributed by atoms with Crippen molar-refractivity contribution >= 4 is 17.5 Å². The molecule has 4 atom stereocenters. The molecule has 1 aliphatic carbocycles. The van der Waals surface area contributed by atoms with Gasteiger partial charge in [0.25, 0.3) is 0 Å². The molecule has 0 radical (unpaired) electrons. The zero-order valence-corrected chi connectivity index (χ0v) is 18.8. The van der Waals surface area contributed by atoms with E-state index in [1.807, 2.05) is 0 Å². The Labute approximate surface area is 180 Å². The number of aliphatic hydroxyl groups excluding tert-OH is 1. The van der Waals surface area contributed by atoms with Crippen LogP contribution in [0.1, 0.15) is 65.7 Å². The molecule has 174 valence electrons. The fourth-order valence-corrected chi connectivity index (χ4v) is 3.85. The summed E-state index contributed by atoms with van der Waals surface area (Å²) >= 11 is 0. The highest BCUT2D eigenvalue weighted by atomic mass is 16.5. The molecular formula is C22H41N3O5. The van der Waals surface area contributed by atoms with Gasteiger partial charge in [-0.05, 0) is 38.6 Å². The second kappa shape index (κ2) is 13.9. The minimum atomic E-state index is -1.06. The van der Waals surface area contributed by atoms with Gasteiger partial charge in [-0.2, -0.15) is 0 Å². The molecule has 1 rings (SSSR count). The van der Waals surface area contributed by atoms with E-state index < -0.39 is 30.1 Å². The third kappa shape index (κ3) is 8.79. The first kappa shape index (κ1) is 26.7. The first-order valence-electron chi connectivity index (χ1n) is 11.3. The van der Waals surface area contributed by atoms with E-state index in [2.05, 4.69) is 5.32 Å². The molecule has 0 spiro atoms. The molecule has 30 heavy (non-hydrogen) atoms. The molecule has 0 aromatic rings. The van der Waals surface area contributed by atoms with Crippen LogP contribution >= 0.6 is 0 Å². The van der Waals surface area contributed by atoms with Crippen molar-refractivity contribution in [2.24, 2.45) is 29.2 Å². The maximum atomic E-state index is 12.9. The van der Waals surface area contributed by atoms with Gasteiger partial charge in [0.05, 0.1) is 24.7 Å². The smallest absolute Gasteiger partial charge is 0.226 e. The lowest BCUT2D eigenvalue weighted by atomic mass is 9.89. The molecule has 0 aliphatic heterocycles. The van der Waals surface area contributed by atoms with Crippen molar-refractivity contribution in [3.8, 4) is 0 Å². The van der Waals surface area contributed by atoms with Gasteiger partial charge in [-0.15, -0.1) is 0 Å². The van der Waals surface area contributed by atoms with E-state index in [0.29, 0.717) is 25.5 Å². The van der Waals surface area contributed by atoms with Gasteiger partial charge in [-0.1, -0.05) is 33.1 Å². The summed E-state index contributed by atoms with van der Waals surface area (Å²) in [5.74, 6) is -1.80. The highest BCUT2D eigenvalue weighted by Crippen LogP contribution is 2.25. The second-order valence-corrected chi connectivity index (χ2v) is 8.77. The van der Waals surface area contributed by atoms with Gasteiger partial charge in [-0.3, -0.25) is 14.4 Å². The number of Topliss-reactive ketones (excluding diaryl/α,β-unsaturated/α-hetero) is 2. The number of rotatable bonds is 14. The summed E-state index contributed by atoms with van der Waals surface area (Å²) < 4.78 is 5.90. The number of carbonyl (C=O) groups excluding carboxylic acids is 3. The normalized spacial score (nSPS) is 19.2. The van der Waals surface area contributed by atoms with Crippen molar-refractivity contribution in [2.45, 2.75) is 84.0 Å². The Morgan fingerprint density at radius 1 is 1.10 bits per heavy atom. The van der Waals surface area contributed by atoms with Crippen LogP contribution in [0.15, 0.2) is 0 Å². The third-order valence-electron chi connectivity index (χ3n) is 5.85. The highest BCUT2D eigenvalue weighted by Gasteiger charge is 2.33. The van der Waals surface area contributed by atoms with E-state index in [1.54, 1.807) is 13.8 Å². The maximum absolute atomic E-state index is 12.9. The number of aliphatic hydroxyl groups is 1. The molecule has 8 heteroatoms. The minimum absolute atomic E-state index is 0.0382. The molecule has 1 amide bonds. The number of amides is 1. The van der Waals surface area contributed by atoms with E-state index in [9.17, 15) is 19.5 Å². The van der Waals surface area contributed by atoms with Gasteiger partial charge in [0.1, 0.15) is 6.10 Å². The van der Waals surface area contributed by atoms with E-state index in [1.165, 1.54) is 26.2 Å². The van der Waals surface area contributed by atoms with Crippen LogP contribution in [0, 0.1) is 17.8 Å². The summed E-state index contributed by atoms with van der Waals surface area (Å²) in [6.45, 7) is 5.69. The Morgan fingerprint density at radius 3 is 2.23 bits per heavy atom. The third-order valence-corrected chi connectivity index (χ3v) is 5.85. The summed E-state index contributed by atoms with van der Waals surface area (Å²) in [6.07, 6.45) is 4.28. The van der Waals surface area contributed by atoms with Crippen LogP contribution in [0.2, 0.25) is 0 Å². The van der Waals surface area contributed by atoms with E-state index in [0.717, 1.165) is 12.8 Å². The summed E-state index contributed by atoms with van der Waals surface area (Å²) in [5.41, 5.74) is 11.3. The number of carbonyl (C=O) groups is 3. The number of nitrogens with two attached hydrogens (primary N) is 2. The molecule has 0 heterocycles. The molecular weight excluding hydrogens is 386 g/mol. The number of nitrogens with one attached hydrogen (secondary N) is 1. The molecule has 1 fully saturated rings. The second-order valence-electron chi connectivity index (χ2n) is 8.77. The number of ketones is 2. The van der Waals surface area contributed by atoms with Gasteiger partial charge >= 0.3 is 0 Å². The van der Waals surface area contributed by atoms with Gasteiger partial charge < -0.3 is 26.6 Å². The molecule has 0 aromatic heterocycles. The Morgan fingerprint density at radius 2 is 1.73 bits per heavy atom. The van der Waals surface area contributed by atoms with Crippen LogP contribution in [0.4, 0.5) is 0 Å². The predicted octanol–water partition coefficient (Wildman–Crippen LogP) is 0.926. The van der Waals surface area contributed by atoms with Crippen LogP contribution in [0.5, 0.6) is 0 Å². The lowest BCUT2D eigenvalue weighted by Gasteiger charge is -2.26. The van der Waals surface area contributed by atoms with Crippen LogP contribution in [-0.2, 0) is 19.1 Å². The standard InChI is InChI=1S/C22H41N3O5/c1-14(2)21(28)18(12-24)25-22(29)17(15(3)26)11-19(27)20(9-10-23)30-13-16-7-5-4-6-8-16/h14-18,20,26H,4-13,23-24H2,1-3H3,(H,25,29)/t15?,17-,18-,20-/m0/s1. The SMILES string of the molecule is CC(C)C(=O)[C@H](CN)NC(=O)[C@@H](CC(=O)[C@H](CCN)OCC1CCCCC1)C(C)O. The molecule has 8 nitrogen and oxygen atoms in total. The Balaban J connectivity index is 2.73. The summed E-state index contributed by atoms with van der Waals surface area (Å²) in [5, 5.41) is 12.7. The molecule has 0 bridgehead atoms. The first-order valence-corrected chi connectivity index (χ1v) is 11.3. The van der Waals surface area contributed by atoms with E-state index >= 15 is 0 Å². The Hall–Kier alpha value is -1.35. The van der Waals surface area contributed by atoms with Crippen molar-refractivity contribution < 1.29 is 24.2 Å². The van der Waals surface area contributed by atoms with Crippen LogP contribution < -0.4 is 16.8 Å². The van der Waals surface area contributed by atoms with Crippen LogP contribution in [0.25, 0.3) is 0 Å². The number of hydrogen-bond donors (Lipinski definition) is 4. The average Bonchev–Trinajstić information content (AvgIpc) is 2.72. The highest BCUT2D eigenvalue weighted by molar-refractivity contribution is 5.93. The lowest BCUT2D eigenvalue weighted by Crippen LogP contribution is -2.51. The van der Waals surface area contributed by atoms with Crippen molar-refractivity contribution in [3.63, 3.8) is 0 Å².